The number of nitrogens with one attached hydrogen (secondary N) is 1. The van der Waals surface area contributed by atoms with E-state index in [1.54, 1.807) is 0 Å². The number of amides is 1. The highest BCUT2D eigenvalue weighted by atomic mass is 19.1. The lowest BCUT2D eigenvalue weighted by Gasteiger charge is -2.19. The normalized spacial score (nSPS) is 22.6. The van der Waals surface area contributed by atoms with E-state index in [1.165, 1.54) is 18.9 Å². The van der Waals surface area contributed by atoms with Crippen LogP contribution in [0.5, 0.6) is 0 Å². The van der Waals surface area contributed by atoms with Crippen LogP contribution in [0.25, 0.3) is 0 Å². The first-order valence-electron chi connectivity index (χ1n) is 7.56. The van der Waals surface area contributed by atoms with Gasteiger partial charge in [-0.15, -0.1) is 0 Å². The van der Waals surface area contributed by atoms with Crippen molar-refractivity contribution in [2.24, 2.45) is 11.7 Å². The predicted molar refractivity (Wildman–Crippen MR) is 79.2 cm³/mol. The number of carbonyl (C=O) groups excluding carboxylic acids is 1. The SMILES string of the molecule is CCC1CCCC(Nc2cc(C(N)=O)c(F)cc2F)CC1. The summed E-state index contributed by atoms with van der Waals surface area (Å²) in [6.45, 7) is 2.19. The number of primary amides is 1. The second-order valence-corrected chi connectivity index (χ2v) is 5.80. The zero-order valence-corrected chi connectivity index (χ0v) is 12.3. The number of benzene rings is 1. The number of anilines is 1. The molecule has 3 nitrogen and oxygen atoms in total. The molecule has 2 atom stereocenters. The molecule has 116 valence electrons. The average molecular weight is 296 g/mol. The van der Waals surface area contributed by atoms with Gasteiger partial charge in [0.15, 0.2) is 0 Å². The molecule has 2 rings (SSSR count). The molecule has 1 aromatic carbocycles. The lowest BCUT2D eigenvalue weighted by atomic mass is 9.98. The van der Waals surface area contributed by atoms with E-state index in [-0.39, 0.29) is 17.3 Å². The van der Waals surface area contributed by atoms with E-state index in [0.717, 1.165) is 31.6 Å². The fraction of sp³-hybridized carbons (Fsp3) is 0.562. The van der Waals surface area contributed by atoms with Crippen LogP contribution >= 0.6 is 0 Å². The summed E-state index contributed by atoms with van der Waals surface area (Å²) in [4.78, 5) is 11.1. The van der Waals surface area contributed by atoms with E-state index < -0.39 is 17.5 Å². The lowest BCUT2D eigenvalue weighted by molar-refractivity contribution is 0.0996. The molecule has 1 aliphatic carbocycles. The van der Waals surface area contributed by atoms with Crippen LogP contribution < -0.4 is 11.1 Å². The highest BCUT2D eigenvalue weighted by Gasteiger charge is 2.20. The monoisotopic (exact) mass is 296 g/mol. The van der Waals surface area contributed by atoms with Crippen LogP contribution in [0.4, 0.5) is 14.5 Å². The summed E-state index contributed by atoms with van der Waals surface area (Å²) in [5, 5.41) is 3.11. The number of carbonyl (C=O) groups is 1. The topological polar surface area (TPSA) is 55.1 Å². The largest absolute Gasteiger partial charge is 0.380 e. The van der Waals surface area contributed by atoms with Gasteiger partial charge in [0.05, 0.1) is 11.3 Å². The Labute approximate surface area is 123 Å². The molecule has 1 amide bonds. The van der Waals surface area contributed by atoms with Crippen LogP contribution in [0.3, 0.4) is 0 Å². The molecule has 0 heterocycles. The molecule has 0 aromatic heterocycles. The van der Waals surface area contributed by atoms with Gasteiger partial charge in [0.25, 0.3) is 5.91 Å². The fourth-order valence-electron chi connectivity index (χ4n) is 3.00. The van der Waals surface area contributed by atoms with E-state index in [4.69, 9.17) is 5.73 Å². The van der Waals surface area contributed by atoms with Crippen molar-refractivity contribution in [3.8, 4) is 0 Å². The minimum atomic E-state index is -0.919. The van der Waals surface area contributed by atoms with Crippen LogP contribution in [0, 0.1) is 17.6 Å². The van der Waals surface area contributed by atoms with E-state index in [1.807, 2.05) is 0 Å². The Kier molecular flexibility index (Phi) is 5.15. The molecule has 21 heavy (non-hydrogen) atoms. The molecular formula is C16H22F2N2O. The third-order valence-electron chi connectivity index (χ3n) is 4.35. The minimum absolute atomic E-state index is 0.155. The van der Waals surface area contributed by atoms with E-state index >= 15 is 0 Å². The van der Waals surface area contributed by atoms with Crippen molar-refractivity contribution in [1.82, 2.24) is 0 Å². The molecule has 1 aromatic rings. The van der Waals surface area contributed by atoms with Gasteiger partial charge < -0.3 is 11.1 Å². The maximum absolute atomic E-state index is 13.8. The number of hydrogen-bond acceptors (Lipinski definition) is 2. The second-order valence-electron chi connectivity index (χ2n) is 5.80. The Morgan fingerprint density at radius 2 is 2.00 bits per heavy atom. The molecule has 1 saturated carbocycles. The molecule has 3 N–H and O–H groups in total. The Hall–Kier alpha value is -1.65. The molecular weight excluding hydrogens is 274 g/mol. The van der Waals surface area contributed by atoms with Crippen molar-refractivity contribution in [1.29, 1.82) is 0 Å². The molecule has 0 radical (unpaired) electrons. The number of halogens is 2. The summed E-state index contributed by atoms with van der Waals surface area (Å²) in [6, 6.07) is 2.05. The van der Waals surface area contributed by atoms with Crippen LogP contribution in [0.15, 0.2) is 12.1 Å². The fourth-order valence-corrected chi connectivity index (χ4v) is 3.00. The zero-order valence-electron chi connectivity index (χ0n) is 12.3. The van der Waals surface area contributed by atoms with Crippen LogP contribution in [-0.4, -0.2) is 11.9 Å². The molecule has 2 unspecified atom stereocenters. The first kappa shape index (κ1) is 15.7. The first-order valence-corrected chi connectivity index (χ1v) is 7.56. The minimum Gasteiger partial charge on any atom is -0.380 e. The van der Waals surface area contributed by atoms with Crippen molar-refractivity contribution in [2.45, 2.75) is 51.5 Å². The highest BCUT2D eigenvalue weighted by molar-refractivity contribution is 5.94. The zero-order chi connectivity index (χ0) is 15.4. The summed E-state index contributed by atoms with van der Waals surface area (Å²) in [7, 11) is 0. The van der Waals surface area contributed by atoms with E-state index in [0.29, 0.717) is 6.07 Å². The van der Waals surface area contributed by atoms with Gasteiger partial charge in [0.2, 0.25) is 0 Å². The van der Waals surface area contributed by atoms with E-state index in [9.17, 15) is 13.6 Å². The Balaban J connectivity index is 2.12. The van der Waals surface area contributed by atoms with Crippen molar-refractivity contribution >= 4 is 11.6 Å². The van der Waals surface area contributed by atoms with Gasteiger partial charge in [-0.05, 0) is 31.2 Å². The third kappa shape index (κ3) is 3.93. The molecule has 0 saturated heterocycles. The standard InChI is InChI=1S/C16H22F2N2O/c1-2-10-4-3-5-11(7-6-10)20-15-8-12(16(19)21)13(17)9-14(15)18/h8-11,20H,2-7H2,1H3,(H2,19,21). The first-order chi connectivity index (χ1) is 10.0. The molecule has 0 aliphatic heterocycles. The molecule has 1 aliphatic rings. The van der Waals surface area contributed by atoms with Crippen molar-refractivity contribution < 1.29 is 13.6 Å². The van der Waals surface area contributed by atoms with Gasteiger partial charge in [-0.1, -0.05) is 26.2 Å². The van der Waals surface area contributed by atoms with Crippen molar-refractivity contribution in [3.63, 3.8) is 0 Å². The molecule has 1 fully saturated rings. The summed E-state index contributed by atoms with van der Waals surface area (Å²) >= 11 is 0. The lowest BCUT2D eigenvalue weighted by Crippen LogP contribution is -2.21. The number of nitrogens with two attached hydrogens (primary N) is 1. The summed E-state index contributed by atoms with van der Waals surface area (Å²) in [5.74, 6) is -1.76. The van der Waals surface area contributed by atoms with Crippen molar-refractivity contribution in [3.05, 3.63) is 29.3 Å². The Morgan fingerprint density at radius 3 is 2.67 bits per heavy atom. The van der Waals surface area contributed by atoms with Gasteiger partial charge >= 0.3 is 0 Å². The van der Waals surface area contributed by atoms with Crippen LogP contribution in [0.2, 0.25) is 0 Å². The molecule has 0 spiro atoms. The quantitative estimate of drug-likeness (QED) is 0.830. The highest BCUT2D eigenvalue weighted by Crippen LogP contribution is 2.28. The number of hydrogen-bond donors (Lipinski definition) is 2. The van der Waals surface area contributed by atoms with E-state index in [2.05, 4.69) is 12.2 Å². The smallest absolute Gasteiger partial charge is 0.251 e. The predicted octanol–water partition coefficient (Wildman–Crippen LogP) is 3.83. The van der Waals surface area contributed by atoms with Gasteiger partial charge in [0, 0.05) is 12.1 Å². The Morgan fingerprint density at radius 1 is 1.24 bits per heavy atom. The molecule has 5 heteroatoms. The summed E-state index contributed by atoms with van der Waals surface area (Å²) in [5.41, 5.74) is 4.98. The summed E-state index contributed by atoms with van der Waals surface area (Å²) in [6.07, 6.45) is 6.50. The maximum Gasteiger partial charge on any atom is 0.251 e. The van der Waals surface area contributed by atoms with Gasteiger partial charge in [-0.2, -0.15) is 0 Å². The van der Waals surface area contributed by atoms with Crippen molar-refractivity contribution in [2.75, 3.05) is 5.32 Å². The van der Waals surface area contributed by atoms with Gasteiger partial charge in [0.1, 0.15) is 11.6 Å². The summed E-state index contributed by atoms with van der Waals surface area (Å²) < 4.78 is 27.3. The Bertz CT molecular complexity index is 519. The maximum atomic E-state index is 13.8. The molecule has 0 bridgehead atoms. The third-order valence-corrected chi connectivity index (χ3v) is 4.35. The van der Waals surface area contributed by atoms with Crippen LogP contribution in [-0.2, 0) is 0 Å². The average Bonchev–Trinajstić information content (AvgIpc) is 2.66. The van der Waals surface area contributed by atoms with Crippen LogP contribution in [0.1, 0.15) is 55.8 Å². The van der Waals surface area contributed by atoms with Gasteiger partial charge in [-0.3, -0.25) is 4.79 Å². The number of rotatable bonds is 4. The second kappa shape index (κ2) is 6.87. The van der Waals surface area contributed by atoms with Gasteiger partial charge in [-0.25, -0.2) is 8.78 Å².